The molecule has 1 nitrogen and oxygen atoms in total. The number of hydrogen-bond donors (Lipinski definition) is 0. The van der Waals surface area contributed by atoms with Gasteiger partial charge in [0.1, 0.15) is 0 Å². The molecule has 0 saturated carbocycles. The van der Waals surface area contributed by atoms with Crippen LogP contribution in [0.5, 0.6) is 0 Å². The standard InChI is InChI=1S/C18H19ClO/c1-13(11-15-7-9-16(19)10-8-15)12-18(20)17-6-4-3-5-14(17)2/h3-10,13H,11-12H2,1-2H3. The third-order valence-corrected chi connectivity index (χ3v) is 3.73. The van der Waals surface area contributed by atoms with Gasteiger partial charge in [-0.25, -0.2) is 0 Å². The van der Waals surface area contributed by atoms with Crippen molar-refractivity contribution in [2.24, 2.45) is 5.92 Å². The van der Waals surface area contributed by atoms with Gasteiger partial charge in [-0.1, -0.05) is 54.9 Å². The molecule has 0 saturated heterocycles. The lowest BCUT2D eigenvalue weighted by Crippen LogP contribution is -2.09. The maximum Gasteiger partial charge on any atom is 0.163 e. The molecule has 0 N–H and O–H groups in total. The van der Waals surface area contributed by atoms with Crippen molar-refractivity contribution in [3.63, 3.8) is 0 Å². The van der Waals surface area contributed by atoms with E-state index >= 15 is 0 Å². The van der Waals surface area contributed by atoms with E-state index in [0.717, 1.165) is 22.6 Å². The van der Waals surface area contributed by atoms with E-state index in [9.17, 15) is 4.79 Å². The van der Waals surface area contributed by atoms with Crippen LogP contribution in [0.3, 0.4) is 0 Å². The Kier molecular flexibility index (Phi) is 4.97. The molecular formula is C18H19ClO. The molecule has 0 aliphatic carbocycles. The number of hydrogen-bond acceptors (Lipinski definition) is 1. The molecule has 0 aromatic heterocycles. The Morgan fingerprint density at radius 2 is 1.75 bits per heavy atom. The van der Waals surface area contributed by atoms with E-state index < -0.39 is 0 Å². The third-order valence-electron chi connectivity index (χ3n) is 3.48. The summed E-state index contributed by atoms with van der Waals surface area (Å²) in [6, 6.07) is 15.6. The SMILES string of the molecule is Cc1ccccc1C(=O)CC(C)Cc1ccc(Cl)cc1. The smallest absolute Gasteiger partial charge is 0.163 e. The van der Waals surface area contributed by atoms with Gasteiger partial charge in [0.25, 0.3) is 0 Å². The second-order valence-electron chi connectivity index (χ2n) is 5.38. The predicted molar refractivity (Wildman–Crippen MR) is 84.4 cm³/mol. The van der Waals surface area contributed by atoms with Gasteiger partial charge >= 0.3 is 0 Å². The molecule has 2 aromatic carbocycles. The Morgan fingerprint density at radius 1 is 1.10 bits per heavy atom. The molecule has 0 spiro atoms. The quantitative estimate of drug-likeness (QED) is 0.699. The summed E-state index contributed by atoms with van der Waals surface area (Å²) < 4.78 is 0. The van der Waals surface area contributed by atoms with Crippen molar-refractivity contribution in [2.45, 2.75) is 26.7 Å². The van der Waals surface area contributed by atoms with Crippen LogP contribution in [-0.4, -0.2) is 5.78 Å². The molecule has 0 aliphatic rings. The Bertz CT molecular complexity index is 587. The molecule has 20 heavy (non-hydrogen) atoms. The number of rotatable bonds is 5. The Hall–Kier alpha value is -1.60. The van der Waals surface area contributed by atoms with Gasteiger partial charge in [-0.3, -0.25) is 4.79 Å². The maximum absolute atomic E-state index is 12.3. The summed E-state index contributed by atoms with van der Waals surface area (Å²) in [6.07, 6.45) is 1.47. The molecular weight excluding hydrogens is 268 g/mol. The van der Waals surface area contributed by atoms with Crippen LogP contribution in [0.1, 0.15) is 34.8 Å². The van der Waals surface area contributed by atoms with Gasteiger partial charge in [-0.15, -0.1) is 0 Å². The average molecular weight is 287 g/mol. The van der Waals surface area contributed by atoms with E-state index in [4.69, 9.17) is 11.6 Å². The van der Waals surface area contributed by atoms with E-state index in [2.05, 4.69) is 6.92 Å². The lowest BCUT2D eigenvalue weighted by Gasteiger charge is -2.12. The number of benzene rings is 2. The number of ketones is 1. The zero-order chi connectivity index (χ0) is 14.5. The van der Waals surface area contributed by atoms with E-state index in [1.165, 1.54) is 5.56 Å². The molecule has 0 amide bonds. The zero-order valence-corrected chi connectivity index (χ0v) is 12.7. The minimum atomic E-state index is 0.226. The number of aryl methyl sites for hydroxylation is 1. The topological polar surface area (TPSA) is 17.1 Å². The molecule has 1 unspecified atom stereocenters. The van der Waals surface area contributed by atoms with E-state index in [1.54, 1.807) is 0 Å². The highest BCUT2D eigenvalue weighted by molar-refractivity contribution is 6.30. The van der Waals surface area contributed by atoms with Crippen molar-refractivity contribution in [1.82, 2.24) is 0 Å². The molecule has 0 aliphatic heterocycles. The third kappa shape index (κ3) is 3.94. The molecule has 1 atom stereocenters. The predicted octanol–water partition coefficient (Wildman–Crippen LogP) is 5.10. The summed E-state index contributed by atoms with van der Waals surface area (Å²) in [5.41, 5.74) is 3.12. The summed E-state index contributed by atoms with van der Waals surface area (Å²) in [4.78, 5) is 12.3. The van der Waals surface area contributed by atoms with E-state index in [-0.39, 0.29) is 5.78 Å². The first-order chi connectivity index (χ1) is 9.56. The molecule has 2 rings (SSSR count). The average Bonchev–Trinajstić information content (AvgIpc) is 2.41. The summed E-state index contributed by atoms with van der Waals surface area (Å²) >= 11 is 5.88. The second kappa shape index (κ2) is 6.71. The maximum atomic E-state index is 12.3. The zero-order valence-electron chi connectivity index (χ0n) is 11.9. The molecule has 0 bridgehead atoms. The van der Waals surface area contributed by atoms with E-state index in [0.29, 0.717) is 12.3 Å². The normalized spacial score (nSPS) is 12.2. The van der Waals surface area contributed by atoms with Crippen LogP contribution >= 0.6 is 11.6 Å². The fourth-order valence-electron chi connectivity index (χ4n) is 2.41. The number of carbonyl (C=O) groups excluding carboxylic acids is 1. The van der Waals surface area contributed by atoms with Crippen molar-refractivity contribution in [3.05, 3.63) is 70.2 Å². The molecule has 2 heteroatoms. The molecule has 104 valence electrons. The van der Waals surface area contributed by atoms with Crippen LogP contribution in [0.2, 0.25) is 5.02 Å². The van der Waals surface area contributed by atoms with Gasteiger partial charge in [-0.2, -0.15) is 0 Å². The number of Topliss-reactive ketones (excluding diaryl/α,β-unsaturated/α-hetero) is 1. The van der Waals surface area contributed by atoms with Crippen molar-refractivity contribution >= 4 is 17.4 Å². The van der Waals surface area contributed by atoms with Gasteiger partial charge in [0, 0.05) is 17.0 Å². The van der Waals surface area contributed by atoms with Gasteiger partial charge in [-0.05, 0) is 42.5 Å². The van der Waals surface area contributed by atoms with Crippen molar-refractivity contribution in [2.75, 3.05) is 0 Å². The first kappa shape index (κ1) is 14.8. The van der Waals surface area contributed by atoms with Crippen molar-refractivity contribution in [1.29, 1.82) is 0 Å². The molecule has 0 fully saturated rings. The van der Waals surface area contributed by atoms with Crippen LogP contribution in [-0.2, 0) is 6.42 Å². The highest BCUT2D eigenvalue weighted by atomic mass is 35.5. The van der Waals surface area contributed by atoms with E-state index in [1.807, 2.05) is 55.5 Å². The van der Waals surface area contributed by atoms with Gasteiger partial charge in [0.15, 0.2) is 5.78 Å². The summed E-state index contributed by atoms with van der Waals surface area (Å²) in [7, 11) is 0. The van der Waals surface area contributed by atoms with Crippen LogP contribution in [0.25, 0.3) is 0 Å². The fraction of sp³-hybridized carbons (Fsp3) is 0.278. The summed E-state index contributed by atoms with van der Waals surface area (Å²) in [5, 5.41) is 0.748. The van der Waals surface area contributed by atoms with Gasteiger partial charge < -0.3 is 0 Å². The van der Waals surface area contributed by atoms with Crippen LogP contribution in [0.15, 0.2) is 48.5 Å². The first-order valence-corrected chi connectivity index (χ1v) is 7.27. The molecule has 0 radical (unpaired) electrons. The number of halogens is 1. The lowest BCUT2D eigenvalue weighted by atomic mass is 9.92. The van der Waals surface area contributed by atoms with Gasteiger partial charge in [0.05, 0.1) is 0 Å². The van der Waals surface area contributed by atoms with Crippen molar-refractivity contribution in [3.8, 4) is 0 Å². The first-order valence-electron chi connectivity index (χ1n) is 6.89. The second-order valence-corrected chi connectivity index (χ2v) is 5.81. The van der Waals surface area contributed by atoms with Crippen LogP contribution < -0.4 is 0 Å². The highest BCUT2D eigenvalue weighted by Gasteiger charge is 2.13. The van der Waals surface area contributed by atoms with Crippen molar-refractivity contribution < 1.29 is 4.79 Å². The minimum Gasteiger partial charge on any atom is -0.294 e. The summed E-state index contributed by atoms with van der Waals surface area (Å²) in [6.45, 7) is 4.10. The Labute approximate surface area is 125 Å². The molecule has 2 aromatic rings. The Morgan fingerprint density at radius 3 is 2.40 bits per heavy atom. The monoisotopic (exact) mass is 286 g/mol. The largest absolute Gasteiger partial charge is 0.294 e. The Balaban J connectivity index is 1.98. The minimum absolute atomic E-state index is 0.226. The summed E-state index contributed by atoms with van der Waals surface area (Å²) in [5.74, 6) is 0.549. The molecule has 0 heterocycles. The van der Waals surface area contributed by atoms with Crippen LogP contribution in [0.4, 0.5) is 0 Å². The van der Waals surface area contributed by atoms with Crippen LogP contribution in [0, 0.1) is 12.8 Å². The number of carbonyl (C=O) groups is 1. The fourth-order valence-corrected chi connectivity index (χ4v) is 2.53. The lowest BCUT2D eigenvalue weighted by molar-refractivity contribution is 0.0964. The van der Waals surface area contributed by atoms with Gasteiger partial charge in [0.2, 0.25) is 0 Å². The highest BCUT2D eigenvalue weighted by Crippen LogP contribution is 2.18.